The molecule has 0 bridgehead atoms. The Balaban J connectivity index is 1.94. The van der Waals surface area contributed by atoms with Gasteiger partial charge in [0.25, 0.3) is 11.5 Å². The lowest BCUT2D eigenvalue weighted by molar-refractivity contribution is 0.102. The summed E-state index contributed by atoms with van der Waals surface area (Å²) >= 11 is 6.15. The first-order valence-corrected chi connectivity index (χ1v) is 8.80. The van der Waals surface area contributed by atoms with Gasteiger partial charge in [-0.1, -0.05) is 25.4 Å². The predicted molar refractivity (Wildman–Crippen MR) is 103 cm³/mol. The van der Waals surface area contributed by atoms with Crippen LogP contribution in [0.25, 0.3) is 5.69 Å². The van der Waals surface area contributed by atoms with Crippen LogP contribution >= 0.6 is 11.6 Å². The van der Waals surface area contributed by atoms with Crippen LogP contribution in [0.15, 0.2) is 53.5 Å². The van der Waals surface area contributed by atoms with Gasteiger partial charge in [-0.3, -0.25) is 9.59 Å². The molecule has 0 radical (unpaired) electrons. The van der Waals surface area contributed by atoms with Gasteiger partial charge >= 0.3 is 0 Å². The zero-order chi connectivity index (χ0) is 20.4. The third-order valence-corrected chi connectivity index (χ3v) is 4.43. The molecule has 2 aromatic carbocycles. The molecule has 0 aliphatic carbocycles. The Hall–Kier alpha value is -3.06. The lowest BCUT2D eigenvalue weighted by Gasteiger charge is -2.12. The minimum absolute atomic E-state index is 0.0538. The van der Waals surface area contributed by atoms with Crippen LogP contribution in [0.4, 0.5) is 14.5 Å². The number of amides is 1. The molecular formula is C20H16ClF2N3O2. The molecule has 0 spiro atoms. The van der Waals surface area contributed by atoms with Crippen LogP contribution in [0, 0.1) is 11.6 Å². The number of carbonyl (C=O) groups excluding carboxylic acids is 1. The van der Waals surface area contributed by atoms with Crippen molar-refractivity contribution in [3.8, 4) is 5.69 Å². The van der Waals surface area contributed by atoms with Crippen molar-refractivity contribution in [3.63, 3.8) is 0 Å². The molecule has 1 N–H and O–H groups in total. The summed E-state index contributed by atoms with van der Waals surface area (Å²) in [7, 11) is 0. The van der Waals surface area contributed by atoms with Gasteiger partial charge < -0.3 is 5.32 Å². The molecule has 0 fully saturated rings. The molecule has 8 heteroatoms. The first-order valence-electron chi connectivity index (χ1n) is 8.42. The Bertz CT molecular complexity index is 1100. The summed E-state index contributed by atoms with van der Waals surface area (Å²) in [6.45, 7) is 3.64. The molecule has 0 aliphatic rings. The Kier molecular flexibility index (Phi) is 5.56. The van der Waals surface area contributed by atoms with E-state index in [9.17, 15) is 18.4 Å². The first kappa shape index (κ1) is 19.7. The van der Waals surface area contributed by atoms with Crippen molar-refractivity contribution in [1.29, 1.82) is 0 Å². The minimum atomic E-state index is -0.762. The smallest absolute Gasteiger partial charge is 0.284 e. The lowest BCUT2D eigenvalue weighted by Crippen LogP contribution is -2.29. The largest absolute Gasteiger partial charge is 0.320 e. The van der Waals surface area contributed by atoms with E-state index in [1.165, 1.54) is 42.6 Å². The number of anilines is 1. The first-order chi connectivity index (χ1) is 13.3. The molecule has 0 atom stereocenters. The van der Waals surface area contributed by atoms with Crippen LogP contribution in [0.5, 0.6) is 0 Å². The molecule has 144 valence electrons. The average molecular weight is 404 g/mol. The molecule has 0 aliphatic heterocycles. The molecule has 5 nitrogen and oxygen atoms in total. The van der Waals surface area contributed by atoms with Crippen LogP contribution < -0.4 is 10.9 Å². The maximum absolute atomic E-state index is 14.2. The molecule has 1 amide bonds. The fraction of sp³-hybridized carbons (Fsp3) is 0.150. The SMILES string of the molecule is CC(C)c1cc(Cl)c(NC(=O)c2ccnn(-c3ccc(F)cc3)c2=O)cc1F. The topological polar surface area (TPSA) is 64.0 Å². The van der Waals surface area contributed by atoms with Gasteiger partial charge in [0.1, 0.15) is 17.2 Å². The van der Waals surface area contributed by atoms with E-state index in [2.05, 4.69) is 10.4 Å². The minimum Gasteiger partial charge on any atom is -0.320 e. The van der Waals surface area contributed by atoms with Crippen molar-refractivity contribution in [2.45, 2.75) is 19.8 Å². The van der Waals surface area contributed by atoms with E-state index >= 15 is 0 Å². The van der Waals surface area contributed by atoms with Gasteiger partial charge in [-0.25, -0.2) is 8.78 Å². The molecule has 3 rings (SSSR count). The molecule has 0 unspecified atom stereocenters. The summed E-state index contributed by atoms with van der Waals surface area (Å²) in [6, 6.07) is 8.88. The fourth-order valence-corrected chi connectivity index (χ4v) is 2.86. The van der Waals surface area contributed by atoms with Gasteiger partial charge in [-0.05, 0) is 53.9 Å². The highest BCUT2D eigenvalue weighted by Gasteiger charge is 2.17. The summed E-state index contributed by atoms with van der Waals surface area (Å²) < 4.78 is 28.3. The highest BCUT2D eigenvalue weighted by atomic mass is 35.5. The van der Waals surface area contributed by atoms with Gasteiger partial charge in [-0.2, -0.15) is 9.78 Å². The number of aromatic nitrogens is 2. The maximum Gasteiger partial charge on any atom is 0.284 e. The van der Waals surface area contributed by atoms with Crippen LogP contribution in [-0.4, -0.2) is 15.7 Å². The van der Waals surface area contributed by atoms with Crippen molar-refractivity contribution < 1.29 is 13.6 Å². The fourth-order valence-electron chi connectivity index (χ4n) is 2.64. The summed E-state index contributed by atoms with van der Waals surface area (Å²) in [5.74, 6) is -1.81. The lowest BCUT2D eigenvalue weighted by atomic mass is 10.0. The normalized spacial score (nSPS) is 10.9. The average Bonchev–Trinajstić information content (AvgIpc) is 2.65. The third kappa shape index (κ3) is 3.94. The van der Waals surface area contributed by atoms with Crippen LogP contribution in [0.3, 0.4) is 0 Å². The molecular weight excluding hydrogens is 388 g/mol. The molecule has 0 saturated carbocycles. The van der Waals surface area contributed by atoms with E-state index in [-0.39, 0.29) is 22.2 Å². The number of rotatable bonds is 4. The second-order valence-corrected chi connectivity index (χ2v) is 6.81. The molecule has 0 saturated heterocycles. The second kappa shape index (κ2) is 7.90. The van der Waals surface area contributed by atoms with Crippen molar-refractivity contribution in [2.24, 2.45) is 0 Å². The summed E-state index contributed by atoms with van der Waals surface area (Å²) in [5.41, 5.74) is -0.152. The van der Waals surface area contributed by atoms with E-state index in [1.807, 2.05) is 13.8 Å². The van der Waals surface area contributed by atoms with Gasteiger partial charge in [0, 0.05) is 6.20 Å². The number of nitrogens with one attached hydrogen (secondary N) is 1. The van der Waals surface area contributed by atoms with E-state index in [0.29, 0.717) is 11.3 Å². The zero-order valence-electron chi connectivity index (χ0n) is 15.0. The van der Waals surface area contributed by atoms with Gasteiger partial charge in [-0.15, -0.1) is 0 Å². The van der Waals surface area contributed by atoms with Crippen LogP contribution in [0.2, 0.25) is 5.02 Å². The number of benzene rings is 2. The van der Waals surface area contributed by atoms with E-state index < -0.39 is 23.1 Å². The van der Waals surface area contributed by atoms with Crippen LogP contribution in [0.1, 0.15) is 35.7 Å². The van der Waals surface area contributed by atoms with Crippen molar-refractivity contribution in [3.05, 3.63) is 86.8 Å². The Morgan fingerprint density at radius 1 is 1.14 bits per heavy atom. The second-order valence-electron chi connectivity index (χ2n) is 6.40. The monoisotopic (exact) mass is 403 g/mol. The predicted octanol–water partition coefficient (Wildman–Crippen LogP) is 4.54. The van der Waals surface area contributed by atoms with Crippen molar-refractivity contribution in [1.82, 2.24) is 9.78 Å². The summed E-state index contributed by atoms with van der Waals surface area (Å²) in [5, 5.41) is 6.52. The van der Waals surface area contributed by atoms with Crippen molar-refractivity contribution >= 4 is 23.2 Å². The zero-order valence-corrected chi connectivity index (χ0v) is 15.8. The van der Waals surface area contributed by atoms with Gasteiger partial charge in [0.05, 0.1) is 16.4 Å². The standard InChI is InChI=1S/C20H16ClF2N3O2/c1-11(2)15-9-16(21)18(10-17(15)23)25-19(27)14-7-8-24-26(20(14)28)13-5-3-12(22)4-6-13/h3-11H,1-2H3,(H,25,27). The number of halogens is 3. The quantitative estimate of drug-likeness (QED) is 0.695. The van der Waals surface area contributed by atoms with E-state index in [0.717, 1.165) is 10.7 Å². The molecule has 1 aromatic heterocycles. The number of hydrogen-bond donors (Lipinski definition) is 1. The molecule has 1 heterocycles. The van der Waals surface area contributed by atoms with E-state index in [1.54, 1.807) is 0 Å². The third-order valence-electron chi connectivity index (χ3n) is 4.12. The Morgan fingerprint density at radius 2 is 1.82 bits per heavy atom. The van der Waals surface area contributed by atoms with Crippen LogP contribution in [-0.2, 0) is 0 Å². The van der Waals surface area contributed by atoms with Gasteiger partial charge in [0.2, 0.25) is 0 Å². The molecule has 3 aromatic rings. The van der Waals surface area contributed by atoms with Gasteiger partial charge in [0.15, 0.2) is 0 Å². The summed E-state index contributed by atoms with van der Waals surface area (Å²) in [6.07, 6.45) is 1.27. The number of nitrogens with zero attached hydrogens (tertiary/aromatic N) is 2. The summed E-state index contributed by atoms with van der Waals surface area (Å²) in [4.78, 5) is 25.2. The molecule has 28 heavy (non-hydrogen) atoms. The highest BCUT2D eigenvalue weighted by molar-refractivity contribution is 6.34. The van der Waals surface area contributed by atoms with E-state index in [4.69, 9.17) is 11.6 Å². The maximum atomic E-state index is 14.2. The van der Waals surface area contributed by atoms with Crippen molar-refractivity contribution in [2.75, 3.05) is 5.32 Å². The Labute approximate surface area is 164 Å². The highest BCUT2D eigenvalue weighted by Crippen LogP contribution is 2.29. The Morgan fingerprint density at radius 3 is 2.46 bits per heavy atom. The number of hydrogen-bond acceptors (Lipinski definition) is 3. The number of carbonyl (C=O) groups is 1.